The van der Waals surface area contributed by atoms with Gasteiger partial charge in [0.25, 0.3) is 11.7 Å². The Bertz CT molecular complexity index is 719. The summed E-state index contributed by atoms with van der Waals surface area (Å²) in [5.74, 6) is -1.74. The molecule has 0 spiro atoms. The zero-order chi connectivity index (χ0) is 17.4. The summed E-state index contributed by atoms with van der Waals surface area (Å²) in [4.78, 5) is 40.5. The van der Waals surface area contributed by atoms with Crippen molar-refractivity contribution in [1.82, 2.24) is 4.90 Å². The zero-order valence-corrected chi connectivity index (χ0v) is 14.4. The van der Waals surface area contributed by atoms with Crippen molar-refractivity contribution in [3.05, 3.63) is 28.3 Å². The first kappa shape index (κ1) is 16.9. The summed E-state index contributed by atoms with van der Waals surface area (Å²) >= 11 is 6.18. The fraction of sp³-hybridized carbons (Fsp3) is 0.471. The molecule has 1 unspecified atom stereocenters. The number of hydrogen-bond acceptors (Lipinski definition) is 5. The topological polar surface area (TPSA) is 66.9 Å². The van der Waals surface area contributed by atoms with Gasteiger partial charge in [-0.15, -0.1) is 0 Å². The number of halogens is 1. The van der Waals surface area contributed by atoms with Gasteiger partial charge < -0.3 is 14.5 Å². The van der Waals surface area contributed by atoms with Crippen LogP contribution in [0.4, 0.5) is 5.69 Å². The average Bonchev–Trinajstić information content (AvgIpc) is 2.69. The fourth-order valence-electron chi connectivity index (χ4n) is 3.45. The Morgan fingerprint density at radius 1 is 1.29 bits per heavy atom. The van der Waals surface area contributed by atoms with Gasteiger partial charge in [-0.2, -0.15) is 0 Å². The lowest BCUT2D eigenvalue weighted by Gasteiger charge is -2.29. The maximum absolute atomic E-state index is 12.6. The second-order valence-corrected chi connectivity index (χ2v) is 6.67. The summed E-state index contributed by atoms with van der Waals surface area (Å²) in [6, 6.07) is 2.79. The van der Waals surface area contributed by atoms with Crippen LogP contribution < -0.4 is 4.90 Å². The van der Waals surface area contributed by atoms with E-state index in [2.05, 4.69) is 4.90 Å². The van der Waals surface area contributed by atoms with E-state index in [1.807, 2.05) is 7.05 Å². The summed E-state index contributed by atoms with van der Waals surface area (Å²) in [6.45, 7) is 1.64. The molecule has 1 aromatic rings. The number of anilines is 1. The van der Waals surface area contributed by atoms with Crippen molar-refractivity contribution in [3.63, 3.8) is 0 Å². The van der Waals surface area contributed by atoms with Crippen LogP contribution in [0, 0.1) is 0 Å². The Kier molecular flexibility index (Phi) is 4.60. The van der Waals surface area contributed by atoms with Gasteiger partial charge in [0.2, 0.25) is 0 Å². The smallest absolute Gasteiger partial charge is 0.337 e. The van der Waals surface area contributed by atoms with Gasteiger partial charge in [-0.1, -0.05) is 18.0 Å². The SMILES string of the molecule is COC(=O)c1cc(Cl)c2c(c1)N(C1CCCCN(C)C1)C(=O)C2=O. The number of nitrogens with zero attached hydrogens (tertiary/aromatic N) is 2. The van der Waals surface area contributed by atoms with E-state index in [9.17, 15) is 14.4 Å². The largest absolute Gasteiger partial charge is 0.465 e. The molecule has 128 valence electrons. The number of likely N-dealkylation sites (N-methyl/N-ethyl adjacent to an activating group) is 1. The molecule has 1 atom stereocenters. The third-order valence-electron chi connectivity index (χ3n) is 4.60. The number of carbonyl (C=O) groups excluding carboxylic acids is 3. The molecule has 1 fully saturated rings. The molecule has 0 N–H and O–H groups in total. The Morgan fingerprint density at radius 3 is 2.75 bits per heavy atom. The molecule has 1 saturated heterocycles. The fourth-order valence-corrected chi connectivity index (χ4v) is 3.75. The second-order valence-electron chi connectivity index (χ2n) is 6.26. The lowest BCUT2D eigenvalue weighted by atomic mass is 10.1. The molecule has 3 rings (SSSR count). The predicted octanol–water partition coefficient (Wildman–Crippen LogP) is 2.14. The average molecular weight is 351 g/mol. The van der Waals surface area contributed by atoms with Crippen LogP contribution in [0.5, 0.6) is 0 Å². The van der Waals surface area contributed by atoms with Gasteiger partial charge in [-0.3, -0.25) is 9.59 Å². The minimum Gasteiger partial charge on any atom is -0.465 e. The van der Waals surface area contributed by atoms with Crippen molar-refractivity contribution < 1.29 is 19.1 Å². The normalized spacial score (nSPS) is 21.6. The van der Waals surface area contributed by atoms with Gasteiger partial charge in [-0.05, 0) is 38.6 Å². The lowest BCUT2D eigenvalue weighted by Crippen LogP contribution is -2.44. The van der Waals surface area contributed by atoms with Crippen LogP contribution in [0.15, 0.2) is 12.1 Å². The third-order valence-corrected chi connectivity index (χ3v) is 4.90. The molecule has 2 aliphatic rings. The predicted molar refractivity (Wildman–Crippen MR) is 89.7 cm³/mol. The highest BCUT2D eigenvalue weighted by molar-refractivity contribution is 6.55. The lowest BCUT2D eigenvalue weighted by molar-refractivity contribution is -0.114. The summed E-state index contributed by atoms with van der Waals surface area (Å²) < 4.78 is 4.73. The van der Waals surface area contributed by atoms with E-state index >= 15 is 0 Å². The minimum absolute atomic E-state index is 0.107. The van der Waals surface area contributed by atoms with Gasteiger partial charge in [0, 0.05) is 6.54 Å². The van der Waals surface area contributed by atoms with Gasteiger partial charge >= 0.3 is 5.97 Å². The van der Waals surface area contributed by atoms with E-state index in [1.165, 1.54) is 24.1 Å². The Morgan fingerprint density at radius 2 is 2.04 bits per heavy atom. The number of amides is 1. The molecule has 0 bridgehead atoms. The summed E-state index contributed by atoms with van der Waals surface area (Å²) in [7, 11) is 3.28. The van der Waals surface area contributed by atoms with E-state index < -0.39 is 17.7 Å². The van der Waals surface area contributed by atoms with E-state index in [1.54, 1.807) is 0 Å². The third kappa shape index (κ3) is 2.80. The number of Topliss-reactive ketones (excluding diaryl/α,β-unsaturated/α-hetero) is 1. The standard InChI is InChI=1S/C17H19ClN2O4/c1-19-6-4-3-5-11(9-19)20-13-8-10(17(23)24-2)7-12(18)14(13)15(21)16(20)22/h7-8,11H,3-6,9H2,1-2H3. The molecular weight excluding hydrogens is 332 g/mol. The van der Waals surface area contributed by atoms with E-state index in [4.69, 9.17) is 16.3 Å². The van der Waals surface area contributed by atoms with Crippen molar-refractivity contribution >= 4 is 34.9 Å². The molecule has 1 amide bonds. The molecule has 0 aromatic heterocycles. The molecule has 7 heteroatoms. The molecule has 0 radical (unpaired) electrons. The van der Waals surface area contributed by atoms with Crippen molar-refractivity contribution in [1.29, 1.82) is 0 Å². The Balaban J connectivity index is 2.07. The van der Waals surface area contributed by atoms with E-state index in [0.29, 0.717) is 12.2 Å². The van der Waals surface area contributed by atoms with E-state index in [-0.39, 0.29) is 22.2 Å². The second kappa shape index (κ2) is 6.53. The molecule has 2 aliphatic heterocycles. The van der Waals surface area contributed by atoms with Crippen LogP contribution in [0.25, 0.3) is 0 Å². The number of hydrogen-bond donors (Lipinski definition) is 0. The van der Waals surface area contributed by atoms with Crippen LogP contribution >= 0.6 is 11.6 Å². The first-order chi connectivity index (χ1) is 11.4. The van der Waals surface area contributed by atoms with E-state index in [0.717, 1.165) is 25.8 Å². The number of rotatable bonds is 2. The molecule has 0 saturated carbocycles. The Hall–Kier alpha value is -1.92. The van der Waals surface area contributed by atoms with Gasteiger partial charge in [-0.25, -0.2) is 4.79 Å². The molecule has 24 heavy (non-hydrogen) atoms. The highest BCUT2D eigenvalue weighted by Gasteiger charge is 2.42. The molecular formula is C17H19ClN2O4. The number of ketones is 1. The molecule has 2 heterocycles. The van der Waals surface area contributed by atoms with Crippen molar-refractivity contribution in [3.8, 4) is 0 Å². The summed E-state index contributed by atoms with van der Waals surface area (Å²) in [5, 5.41) is 0.107. The summed E-state index contributed by atoms with van der Waals surface area (Å²) in [6.07, 6.45) is 2.84. The number of esters is 1. The zero-order valence-electron chi connectivity index (χ0n) is 13.7. The summed E-state index contributed by atoms with van der Waals surface area (Å²) in [5.41, 5.74) is 0.829. The number of carbonyl (C=O) groups is 3. The maximum atomic E-state index is 12.6. The molecule has 6 nitrogen and oxygen atoms in total. The quantitative estimate of drug-likeness (QED) is 0.604. The number of benzene rings is 1. The van der Waals surface area contributed by atoms with Crippen LogP contribution in [0.1, 0.15) is 40.0 Å². The van der Waals surface area contributed by atoms with Crippen LogP contribution in [0.3, 0.4) is 0 Å². The highest BCUT2D eigenvalue weighted by atomic mass is 35.5. The number of likely N-dealkylation sites (tertiary alicyclic amines) is 1. The first-order valence-electron chi connectivity index (χ1n) is 7.92. The van der Waals surface area contributed by atoms with Crippen LogP contribution in [-0.4, -0.2) is 55.8 Å². The highest BCUT2D eigenvalue weighted by Crippen LogP contribution is 2.38. The van der Waals surface area contributed by atoms with Crippen molar-refractivity contribution in [2.24, 2.45) is 0 Å². The van der Waals surface area contributed by atoms with Crippen molar-refractivity contribution in [2.75, 3.05) is 32.1 Å². The number of methoxy groups -OCH3 is 1. The minimum atomic E-state index is -0.613. The van der Waals surface area contributed by atoms with Crippen LogP contribution in [0.2, 0.25) is 5.02 Å². The molecule has 1 aromatic carbocycles. The number of fused-ring (bicyclic) bond motifs is 1. The monoisotopic (exact) mass is 350 g/mol. The number of ether oxygens (including phenoxy) is 1. The van der Waals surface area contributed by atoms with Gasteiger partial charge in [0.1, 0.15) is 0 Å². The Labute approximate surface area is 145 Å². The van der Waals surface area contributed by atoms with Crippen LogP contribution in [-0.2, 0) is 9.53 Å². The maximum Gasteiger partial charge on any atom is 0.337 e. The molecule has 0 aliphatic carbocycles. The van der Waals surface area contributed by atoms with Gasteiger partial charge in [0.05, 0.1) is 35.0 Å². The first-order valence-corrected chi connectivity index (χ1v) is 8.30. The van der Waals surface area contributed by atoms with Gasteiger partial charge in [0.15, 0.2) is 0 Å². The van der Waals surface area contributed by atoms with Crippen molar-refractivity contribution in [2.45, 2.75) is 25.3 Å².